The Hall–Kier alpha value is -3.79. The highest BCUT2D eigenvalue weighted by Gasteiger charge is 2.34. The van der Waals surface area contributed by atoms with Crippen molar-refractivity contribution in [2.45, 2.75) is 83.6 Å². The Balaban J connectivity index is 1.50. The second kappa shape index (κ2) is 16.4. The second-order valence-corrected chi connectivity index (χ2v) is 13.5. The van der Waals surface area contributed by atoms with Crippen molar-refractivity contribution < 1.29 is 28.9 Å². The fourth-order valence-electron chi connectivity index (χ4n) is 5.80. The van der Waals surface area contributed by atoms with Crippen LogP contribution in [0.25, 0.3) is 11.1 Å². The van der Waals surface area contributed by atoms with Crippen molar-refractivity contribution in [2.75, 3.05) is 32.2 Å². The number of hydrogen-bond acceptors (Lipinski definition) is 7. The molecule has 2 amide bonds. The summed E-state index contributed by atoms with van der Waals surface area (Å²) in [5.74, 6) is 0.545. The topological polar surface area (TPSA) is 115 Å². The number of carbonyl (C=O) groups excluding carboxylic acids is 2. The maximum atomic E-state index is 13.9. The molecule has 1 saturated carbocycles. The van der Waals surface area contributed by atoms with Gasteiger partial charge in [-0.2, -0.15) is 0 Å². The molecule has 0 saturated heterocycles. The third-order valence-electron chi connectivity index (χ3n) is 8.34. The van der Waals surface area contributed by atoms with Gasteiger partial charge in [-0.3, -0.25) is 9.69 Å². The normalized spacial score (nSPS) is 16.3. The first kappa shape index (κ1) is 36.1. The SMILES string of the molecule is COc1cc(OCC(=O)N(C)CCCc2ccc(-c3ccccc3)c(N(C(=O)OC(C)(C)C)C3CCC(N)CC3)c2)c(Cl)cc1CO. The number of nitrogens with two attached hydrogens (primary N) is 1. The summed E-state index contributed by atoms with van der Waals surface area (Å²) in [6.07, 6.45) is 4.35. The zero-order valence-electron chi connectivity index (χ0n) is 28.1. The monoisotopic (exact) mass is 665 g/mol. The third kappa shape index (κ3) is 9.86. The molecule has 10 heteroatoms. The van der Waals surface area contributed by atoms with Crippen molar-refractivity contribution >= 4 is 29.3 Å². The molecule has 0 spiro atoms. The Labute approximate surface area is 283 Å². The van der Waals surface area contributed by atoms with Crippen LogP contribution in [-0.2, 0) is 22.6 Å². The van der Waals surface area contributed by atoms with Crippen LogP contribution >= 0.6 is 11.6 Å². The molecular formula is C37H48ClN3O6. The summed E-state index contributed by atoms with van der Waals surface area (Å²) in [6, 6.07) is 19.6. The highest BCUT2D eigenvalue weighted by molar-refractivity contribution is 6.32. The predicted octanol–water partition coefficient (Wildman–Crippen LogP) is 6.99. The third-order valence-corrected chi connectivity index (χ3v) is 8.64. The number of ether oxygens (including phenoxy) is 3. The highest BCUT2D eigenvalue weighted by atomic mass is 35.5. The van der Waals surface area contributed by atoms with E-state index in [1.807, 2.05) is 43.9 Å². The highest BCUT2D eigenvalue weighted by Crippen LogP contribution is 2.37. The molecule has 0 bridgehead atoms. The summed E-state index contributed by atoms with van der Waals surface area (Å²) in [4.78, 5) is 30.2. The van der Waals surface area contributed by atoms with Gasteiger partial charge in [-0.05, 0) is 82.6 Å². The summed E-state index contributed by atoms with van der Waals surface area (Å²) in [6.45, 7) is 5.74. The molecule has 1 aliphatic carbocycles. The average Bonchev–Trinajstić information content (AvgIpc) is 3.04. The molecule has 0 radical (unpaired) electrons. The first-order valence-electron chi connectivity index (χ1n) is 16.2. The van der Waals surface area contributed by atoms with Gasteiger partial charge in [-0.25, -0.2) is 4.79 Å². The van der Waals surface area contributed by atoms with Gasteiger partial charge in [0.1, 0.15) is 17.1 Å². The van der Waals surface area contributed by atoms with E-state index in [1.54, 1.807) is 24.1 Å². The predicted molar refractivity (Wildman–Crippen MR) is 186 cm³/mol. The number of likely N-dealkylation sites (N-methyl/N-ethyl adjacent to an activating group) is 1. The van der Waals surface area contributed by atoms with Crippen molar-refractivity contribution in [3.63, 3.8) is 0 Å². The summed E-state index contributed by atoms with van der Waals surface area (Å²) < 4.78 is 16.9. The minimum absolute atomic E-state index is 0.0283. The van der Waals surface area contributed by atoms with Crippen LogP contribution in [0.1, 0.15) is 64.0 Å². The average molecular weight is 666 g/mol. The minimum atomic E-state index is -0.647. The van der Waals surface area contributed by atoms with Crippen LogP contribution in [0.3, 0.4) is 0 Å². The van der Waals surface area contributed by atoms with Crippen molar-refractivity contribution in [3.05, 3.63) is 76.8 Å². The molecule has 1 fully saturated rings. The second-order valence-electron chi connectivity index (χ2n) is 13.1. The van der Waals surface area contributed by atoms with Gasteiger partial charge in [-0.1, -0.05) is 54.1 Å². The lowest BCUT2D eigenvalue weighted by atomic mass is 9.89. The van der Waals surface area contributed by atoms with Crippen LogP contribution in [0.15, 0.2) is 60.7 Å². The number of halogens is 1. The molecule has 4 rings (SSSR count). The minimum Gasteiger partial charge on any atom is -0.496 e. The van der Waals surface area contributed by atoms with E-state index < -0.39 is 5.60 Å². The molecule has 0 heterocycles. The van der Waals surface area contributed by atoms with Crippen LogP contribution in [0.5, 0.6) is 11.5 Å². The Morgan fingerprint density at radius 3 is 2.34 bits per heavy atom. The number of aliphatic hydroxyl groups excluding tert-OH is 1. The summed E-state index contributed by atoms with van der Waals surface area (Å²) >= 11 is 6.29. The van der Waals surface area contributed by atoms with E-state index in [0.29, 0.717) is 36.4 Å². The number of benzene rings is 3. The molecule has 9 nitrogen and oxygen atoms in total. The van der Waals surface area contributed by atoms with Gasteiger partial charge in [0, 0.05) is 42.9 Å². The Morgan fingerprint density at radius 2 is 1.70 bits per heavy atom. The van der Waals surface area contributed by atoms with Gasteiger partial charge in [-0.15, -0.1) is 0 Å². The molecule has 254 valence electrons. The number of rotatable bonds is 12. The van der Waals surface area contributed by atoms with Gasteiger partial charge in [0.25, 0.3) is 5.91 Å². The van der Waals surface area contributed by atoms with E-state index in [0.717, 1.165) is 48.1 Å². The van der Waals surface area contributed by atoms with Crippen molar-refractivity contribution in [1.82, 2.24) is 4.90 Å². The molecule has 0 atom stereocenters. The molecule has 0 aliphatic heterocycles. The molecule has 1 aliphatic rings. The number of anilines is 1. The lowest BCUT2D eigenvalue weighted by Crippen LogP contribution is -2.46. The Bertz CT molecular complexity index is 1500. The van der Waals surface area contributed by atoms with Crippen molar-refractivity contribution in [2.24, 2.45) is 5.73 Å². The fourth-order valence-corrected chi connectivity index (χ4v) is 6.04. The maximum Gasteiger partial charge on any atom is 0.415 e. The number of methoxy groups -OCH3 is 1. The first-order chi connectivity index (χ1) is 22.4. The van der Waals surface area contributed by atoms with Gasteiger partial charge < -0.3 is 30.0 Å². The van der Waals surface area contributed by atoms with Gasteiger partial charge in [0.2, 0.25) is 0 Å². The van der Waals surface area contributed by atoms with E-state index >= 15 is 0 Å². The van der Waals surface area contributed by atoms with Gasteiger partial charge in [0.15, 0.2) is 6.61 Å². The van der Waals surface area contributed by atoms with E-state index in [4.69, 9.17) is 31.5 Å². The molecule has 47 heavy (non-hydrogen) atoms. The van der Waals surface area contributed by atoms with Gasteiger partial charge >= 0.3 is 6.09 Å². The maximum absolute atomic E-state index is 13.9. The summed E-state index contributed by atoms with van der Waals surface area (Å²) in [5.41, 5.74) is 9.99. The molecular weight excluding hydrogens is 618 g/mol. The van der Waals surface area contributed by atoms with Crippen LogP contribution < -0.4 is 20.1 Å². The molecule has 3 aromatic carbocycles. The number of carbonyl (C=O) groups is 2. The van der Waals surface area contributed by atoms with Crippen LogP contribution in [0, 0.1) is 0 Å². The van der Waals surface area contributed by atoms with Gasteiger partial charge in [0.05, 0.1) is 24.4 Å². The van der Waals surface area contributed by atoms with E-state index in [2.05, 4.69) is 30.3 Å². The first-order valence-corrected chi connectivity index (χ1v) is 16.6. The van der Waals surface area contributed by atoms with Crippen LogP contribution in [-0.4, -0.2) is 67.0 Å². The zero-order valence-corrected chi connectivity index (χ0v) is 28.9. The fraction of sp³-hybridized carbons (Fsp3) is 0.459. The lowest BCUT2D eigenvalue weighted by Gasteiger charge is -2.38. The lowest BCUT2D eigenvalue weighted by molar-refractivity contribution is -0.132. The number of aryl methyl sites for hydroxylation is 1. The molecule has 3 N–H and O–H groups in total. The van der Waals surface area contributed by atoms with Crippen LogP contribution in [0.4, 0.5) is 10.5 Å². The Kier molecular flexibility index (Phi) is 12.5. The Morgan fingerprint density at radius 1 is 1.00 bits per heavy atom. The standard InChI is InChI=1S/C37H48ClN3O6/c1-37(2,3)47-36(44)41(29-16-14-28(39)15-17-29)32-20-25(13-18-30(32)26-11-7-6-8-12-26)10-9-19-40(4)35(43)24-46-34-22-33(45-5)27(23-42)21-31(34)38/h6-8,11-13,18,20-22,28-29,42H,9-10,14-17,19,23-24,39H2,1-5H3. The number of nitrogens with zero attached hydrogens (tertiary/aromatic N) is 2. The number of amides is 2. The zero-order chi connectivity index (χ0) is 34.1. The molecule has 0 unspecified atom stereocenters. The number of hydrogen-bond donors (Lipinski definition) is 2. The number of aliphatic hydroxyl groups is 1. The largest absolute Gasteiger partial charge is 0.496 e. The van der Waals surface area contributed by atoms with E-state index in [9.17, 15) is 14.7 Å². The quantitative estimate of drug-likeness (QED) is 0.214. The van der Waals surface area contributed by atoms with Crippen molar-refractivity contribution in [1.29, 1.82) is 0 Å². The smallest absolute Gasteiger partial charge is 0.415 e. The van der Waals surface area contributed by atoms with E-state index in [-0.39, 0.29) is 42.3 Å². The summed E-state index contributed by atoms with van der Waals surface area (Å²) in [7, 11) is 3.23. The van der Waals surface area contributed by atoms with Crippen LogP contribution in [0.2, 0.25) is 5.02 Å². The van der Waals surface area contributed by atoms with E-state index in [1.165, 1.54) is 7.11 Å². The molecule has 3 aromatic rings. The molecule has 0 aromatic heterocycles. The summed E-state index contributed by atoms with van der Waals surface area (Å²) in [5, 5.41) is 9.78. The van der Waals surface area contributed by atoms with Crippen molar-refractivity contribution in [3.8, 4) is 22.6 Å².